The van der Waals surface area contributed by atoms with E-state index in [1.165, 1.54) is 12.3 Å². The average Bonchev–Trinajstić information content (AvgIpc) is 2.47. The van der Waals surface area contributed by atoms with Crippen molar-refractivity contribution in [1.29, 1.82) is 0 Å². The van der Waals surface area contributed by atoms with Gasteiger partial charge in [0.15, 0.2) is 0 Å². The molecule has 0 unspecified atom stereocenters. The van der Waals surface area contributed by atoms with Gasteiger partial charge in [-0.3, -0.25) is 0 Å². The van der Waals surface area contributed by atoms with Crippen LogP contribution in [0, 0.1) is 12.9 Å². The van der Waals surface area contributed by atoms with Crippen molar-refractivity contribution in [1.82, 2.24) is 15.0 Å². The van der Waals surface area contributed by atoms with Crippen molar-refractivity contribution in [2.45, 2.75) is 6.92 Å². The Morgan fingerprint density at radius 3 is 2.62 bits per heavy atom. The fraction of sp³-hybridized carbons (Fsp3) is 0.0625. The number of nitrogens with zero attached hydrogens (tertiary/aromatic N) is 3. The molecule has 3 aromatic heterocycles. The van der Waals surface area contributed by atoms with Crippen LogP contribution in [0.25, 0.3) is 11.3 Å². The van der Waals surface area contributed by atoms with Gasteiger partial charge in [-0.15, -0.1) is 0 Å². The van der Waals surface area contributed by atoms with Crippen LogP contribution in [-0.4, -0.2) is 15.0 Å². The molecule has 0 aliphatic heterocycles. The summed E-state index contributed by atoms with van der Waals surface area (Å²) in [4.78, 5) is 12.2. The van der Waals surface area contributed by atoms with Crippen molar-refractivity contribution in [3.8, 4) is 11.3 Å². The molecule has 0 bridgehead atoms. The van der Waals surface area contributed by atoms with Gasteiger partial charge in [-0.2, -0.15) is 4.39 Å². The molecule has 0 saturated heterocycles. The summed E-state index contributed by atoms with van der Waals surface area (Å²) in [7, 11) is 0. The zero-order valence-electron chi connectivity index (χ0n) is 11.4. The molecule has 0 aromatic carbocycles. The highest BCUT2D eigenvalue weighted by Gasteiger charge is 2.04. The lowest BCUT2D eigenvalue weighted by atomic mass is 10.2. The number of rotatable bonds is 3. The van der Waals surface area contributed by atoms with Crippen molar-refractivity contribution in [3.05, 3.63) is 66.4 Å². The minimum atomic E-state index is -0.520. The maximum absolute atomic E-state index is 13.2. The van der Waals surface area contributed by atoms with Gasteiger partial charge in [-0.1, -0.05) is 6.07 Å². The van der Waals surface area contributed by atoms with Gasteiger partial charge in [0, 0.05) is 24.0 Å². The fourth-order valence-corrected chi connectivity index (χ4v) is 1.96. The highest BCUT2D eigenvalue weighted by Crippen LogP contribution is 2.20. The molecule has 3 heterocycles. The molecule has 4 nitrogen and oxygen atoms in total. The highest BCUT2D eigenvalue weighted by atomic mass is 19.1. The summed E-state index contributed by atoms with van der Waals surface area (Å²) < 4.78 is 13.2. The van der Waals surface area contributed by atoms with Crippen LogP contribution in [-0.2, 0) is 0 Å². The second-order valence-electron chi connectivity index (χ2n) is 4.62. The molecule has 104 valence electrons. The highest BCUT2D eigenvalue weighted by molar-refractivity contribution is 5.62. The van der Waals surface area contributed by atoms with Crippen LogP contribution in [0.15, 0.2) is 54.9 Å². The van der Waals surface area contributed by atoms with Crippen molar-refractivity contribution in [2.75, 3.05) is 5.32 Å². The number of aromatic nitrogens is 3. The third-order valence-corrected chi connectivity index (χ3v) is 2.94. The molecule has 1 N–H and O–H groups in total. The first-order chi connectivity index (χ1) is 10.2. The topological polar surface area (TPSA) is 50.7 Å². The molecule has 3 rings (SSSR count). The molecule has 3 aromatic rings. The Hall–Kier alpha value is -2.82. The molecular weight excluding hydrogens is 267 g/mol. The number of anilines is 2. The van der Waals surface area contributed by atoms with E-state index in [-0.39, 0.29) is 0 Å². The fourth-order valence-electron chi connectivity index (χ4n) is 1.96. The van der Waals surface area contributed by atoms with Gasteiger partial charge >= 0.3 is 0 Å². The molecule has 0 atom stereocenters. The summed E-state index contributed by atoms with van der Waals surface area (Å²) in [6.07, 6.45) is 3.16. The van der Waals surface area contributed by atoms with E-state index in [4.69, 9.17) is 0 Å². The first kappa shape index (κ1) is 13.2. The van der Waals surface area contributed by atoms with E-state index in [0.29, 0.717) is 17.1 Å². The van der Waals surface area contributed by atoms with Gasteiger partial charge < -0.3 is 5.32 Å². The number of pyridine rings is 3. The molecule has 0 radical (unpaired) electrons. The van der Waals surface area contributed by atoms with E-state index in [9.17, 15) is 4.39 Å². The predicted molar refractivity (Wildman–Crippen MR) is 79.7 cm³/mol. The average molecular weight is 280 g/mol. The smallest absolute Gasteiger partial charge is 0.213 e. The van der Waals surface area contributed by atoms with Gasteiger partial charge in [0.1, 0.15) is 11.6 Å². The minimum Gasteiger partial charge on any atom is -0.325 e. The maximum Gasteiger partial charge on any atom is 0.213 e. The summed E-state index contributed by atoms with van der Waals surface area (Å²) in [5.41, 5.74) is 2.47. The first-order valence-corrected chi connectivity index (χ1v) is 6.49. The lowest BCUT2D eigenvalue weighted by molar-refractivity contribution is 0.584. The normalized spacial score (nSPS) is 10.4. The van der Waals surface area contributed by atoms with Crippen molar-refractivity contribution < 1.29 is 4.39 Å². The Morgan fingerprint density at radius 2 is 1.81 bits per heavy atom. The van der Waals surface area contributed by atoms with E-state index < -0.39 is 5.95 Å². The Kier molecular flexibility index (Phi) is 3.55. The lowest BCUT2D eigenvalue weighted by Crippen LogP contribution is -1.97. The third kappa shape index (κ3) is 3.20. The molecule has 0 aliphatic carbocycles. The van der Waals surface area contributed by atoms with Crippen LogP contribution in [0.3, 0.4) is 0 Å². The molecule has 5 heteroatoms. The maximum atomic E-state index is 13.2. The van der Waals surface area contributed by atoms with E-state index in [0.717, 1.165) is 11.4 Å². The zero-order chi connectivity index (χ0) is 14.7. The van der Waals surface area contributed by atoms with Gasteiger partial charge in [0.05, 0.1) is 5.69 Å². The third-order valence-electron chi connectivity index (χ3n) is 2.94. The zero-order valence-corrected chi connectivity index (χ0v) is 11.4. The molecule has 0 saturated carbocycles. The first-order valence-electron chi connectivity index (χ1n) is 6.49. The standard InChI is InChI=1S/C16H13FN4/c1-11-5-7-19-16(9-11)21-15-4-2-3-13(20-15)12-6-8-18-14(17)10-12/h2-10H,1H3,(H,19,20,21). The van der Waals surface area contributed by atoms with Crippen LogP contribution < -0.4 is 5.32 Å². The van der Waals surface area contributed by atoms with Crippen LogP contribution in [0.4, 0.5) is 16.0 Å². The summed E-state index contributed by atoms with van der Waals surface area (Å²) in [6, 6.07) is 12.5. The summed E-state index contributed by atoms with van der Waals surface area (Å²) in [6.45, 7) is 2.00. The number of hydrogen-bond acceptors (Lipinski definition) is 4. The number of nitrogens with one attached hydrogen (secondary N) is 1. The molecule has 0 spiro atoms. The van der Waals surface area contributed by atoms with Crippen LogP contribution in [0.1, 0.15) is 5.56 Å². The molecule has 0 fully saturated rings. The van der Waals surface area contributed by atoms with Crippen molar-refractivity contribution in [2.24, 2.45) is 0 Å². The van der Waals surface area contributed by atoms with Gasteiger partial charge in [-0.05, 0) is 42.8 Å². The van der Waals surface area contributed by atoms with Crippen molar-refractivity contribution >= 4 is 11.6 Å². The number of hydrogen-bond donors (Lipinski definition) is 1. The molecular formula is C16H13FN4. The summed E-state index contributed by atoms with van der Waals surface area (Å²) >= 11 is 0. The number of halogens is 1. The summed E-state index contributed by atoms with van der Waals surface area (Å²) in [5, 5.41) is 3.14. The lowest BCUT2D eigenvalue weighted by Gasteiger charge is -2.07. The predicted octanol–water partition coefficient (Wildman–Crippen LogP) is 3.73. The van der Waals surface area contributed by atoms with E-state index in [1.807, 2.05) is 37.3 Å². The molecule has 0 amide bonds. The number of aryl methyl sites for hydroxylation is 1. The second kappa shape index (κ2) is 5.66. The Morgan fingerprint density at radius 1 is 0.952 bits per heavy atom. The molecule has 0 aliphatic rings. The van der Waals surface area contributed by atoms with Gasteiger partial charge in [0.2, 0.25) is 5.95 Å². The van der Waals surface area contributed by atoms with E-state index >= 15 is 0 Å². The second-order valence-corrected chi connectivity index (χ2v) is 4.62. The Labute approximate surface area is 121 Å². The quantitative estimate of drug-likeness (QED) is 0.743. The monoisotopic (exact) mass is 280 g/mol. The largest absolute Gasteiger partial charge is 0.325 e. The van der Waals surface area contributed by atoms with Gasteiger partial charge in [0.25, 0.3) is 0 Å². The minimum absolute atomic E-state index is 0.520. The van der Waals surface area contributed by atoms with Crippen LogP contribution in [0.2, 0.25) is 0 Å². The van der Waals surface area contributed by atoms with Crippen LogP contribution in [0.5, 0.6) is 0 Å². The SMILES string of the molecule is Cc1ccnc(Nc2cccc(-c3ccnc(F)c3)n2)c1. The Bertz CT molecular complexity index is 773. The molecule has 21 heavy (non-hydrogen) atoms. The Balaban J connectivity index is 1.90. The van der Waals surface area contributed by atoms with E-state index in [1.54, 1.807) is 12.3 Å². The van der Waals surface area contributed by atoms with Crippen LogP contribution >= 0.6 is 0 Å². The van der Waals surface area contributed by atoms with Crippen molar-refractivity contribution in [3.63, 3.8) is 0 Å². The van der Waals surface area contributed by atoms with Gasteiger partial charge in [-0.25, -0.2) is 15.0 Å². The van der Waals surface area contributed by atoms with E-state index in [2.05, 4.69) is 20.3 Å². The summed E-state index contributed by atoms with van der Waals surface area (Å²) in [5.74, 6) is 0.858.